The normalized spacial score (nSPS) is 14.1. The maximum atomic E-state index is 12.0. The highest BCUT2D eigenvalue weighted by molar-refractivity contribution is 5.67. The fraction of sp³-hybridized carbons (Fsp3) is 0.409. The number of hydrogen-bond donors (Lipinski definition) is 1. The van der Waals surface area contributed by atoms with Gasteiger partial charge in [0.2, 0.25) is 0 Å². The standard InChI is InChI=1S/C22H34N2O3/c1-6-9-10-11-12-13-18-27-22(26)24(5)17-16-23(4)21(19-25)20(14-7-2)15-8-3/h6-15,21,25H,2,16-19H2,1,3-5H3/b9-6-,11-10-,13-12+,15-8-,20-14+. The third-order valence-corrected chi connectivity index (χ3v) is 3.82. The van der Waals surface area contributed by atoms with Crippen LogP contribution in [0.3, 0.4) is 0 Å². The molecule has 0 fully saturated rings. The van der Waals surface area contributed by atoms with Crippen LogP contribution in [0.1, 0.15) is 13.8 Å². The van der Waals surface area contributed by atoms with E-state index in [4.69, 9.17) is 4.74 Å². The van der Waals surface area contributed by atoms with Gasteiger partial charge in [0.1, 0.15) is 6.61 Å². The molecule has 1 unspecified atom stereocenters. The van der Waals surface area contributed by atoms with E-state index in [2.05, 4.69) is 6.58 Å². The second-order valence-electron chi connectivity index (χ2n) is 5.92. The number of allylic oxidation sites excluding steroid dienone is 8. The summed E-state index contributed by atoms with van der Waals surface area (Å²) in [7, 11) is 3.62. The van der Waals surface area contributed by atoms with Gasteiger partial charge in [-0.15, -0.1) is 0 Å². The Bertz CT molecular complexity index is 574. The fourth-order valence-corrected chi connectivity index (χ4v) is 2.26. The molecule has 0 rings (SSSR count). The van der Waals surface area contributed by atoms with Crippen LogP contribution < -0.4 is 0 Å². The maximum absolute atomic E-state index is 12.0. The Kier molecular flexibility index (Phi) is 14.5. The van der Waals surface area contributed by atoms with Crippen LogP contribution in [0.15, 0.2) is 72.9 Å². The summed E-state index contributed by atoms with van der Waals surface area (Å²) in [6, 6.07) is -0.157. The topological polar surface area (TPSA) is 53.0 Å². The molecule has 0 aliphatic rings. The SMILES string of the molecule is C=C/C=C(\C=C/C)C(CO)N(C)CCN(C)C(=O)OC/C=C/C=C\C=C/C. The van der Waals surface area contributed by atoms with Crippen molar-refractivity contribution >= 4 is 6.09 Å². The molecule has 0 aliphatic carbocycles. The molecule has 5 nitrogen and oxygen atoms in total. The predicted molar refractivity (Wildman–Crippen MR) is 114 cm³/mol. The van der Waals surface area contributed by atoms with Crippen LogP contribution in [0, 0.1) is 0 Å². The van der Waals surface area contributed by atoms with Gasteiger partial charge < -0.3 is 14.7 Å². The van der Waals surface area contributed by atoms with Crippen LogP contribution in [0.25, 0.3) is 0 Å². The number of nitrogens with zero attached hydrogens (tertiary/aromatic N) is 2. The summed E-state index contributed by atoms with van der Waals surface area (Å²) in [5, 5.41) is 9.74. The first-order chi connectivity index (χ1) is 13.0. The fourth-order valence-electron chi connectivity index (χ4n) is 2.26. The predicted octanol–water partition coefficient (Wildman–Crippen LogP) is 3.72. The van der Waals surface area contributed by atoms with E-state index in [1.807, 2.05) is 74.4 Å². The van der Waals surface area contributed by atoms with Gasteiger partial charge in [0.05, 0.1) is 12.6 Å². The van der Waals surface area contributed by atoms with Gasteiger partial charge in [-0.3, -0.25) is 4.90 Å². The Labute approximate surface area is 164 Å². The molecule has 0 saturated carbocycles. The minimum atomic E-state index is -0.374. The van der Waals surface area contributed by atoms with E-state index in [9.17, 15) is 9.90 Å². The molecule has 0 saturated heterocycles. The molecule has 0 aromatic heterocycles. The Morgan fingerprint density at radius 1 is 1.11 bits per heavy atom. The first-order valence-corrected chi connectivity index (χ1v) is 9.10. The van der Waals surface area contributed by atoms with Gasteiger partial charge in [0.15, 0.2) is 0 Å². The Balaban J connectivity index is 4.48. The second-order valence-corrected chi connectivity index (χ2v) is 5.92. The highest BCUT2D eigenvalue weighted by Gasteiger charge is 2.18. The van der Waals surface area contributed by atoms with Gasteiger partial charge in [-0.1, -0.05) is 61.3 Å². The van der Waals surface area contributed by atoms with E-state index < -0.39 is 0 Å². The summed E-state index contributed by atoms with van der Waals surface area (Å²) in [6.07, 6.45) is 18.3. The number of likely N-dealkylation sites (N-methyl/N-ethyl adjacent to an activating group) is 2. The number of hydrogen-bond acceptors (Lipinski definition) is 4. The van der Waals surface area contributed by atoms with Crippen molar-refractivity contribution in [2.24, 2.45) is 0 Å². The zero-order chi connectivity index (χ0) is 20.5. The van der Waals surface area contributed by atoms with E-state index in [1.165, 1.54) is 4.90 Å². The van der Waals surface area contributed by atoms with Crippen LogP contribution in [0.4, 0.5) is 4.79 Å². The highest BCUT2D eigenvalue weighted by atomic mass is 16.6. The van der Waals surface area contributed by atoms with Crippen LogP contribution in [-0.2, 0) is 4.74 Å². The number of rotatable bonds is 12. The molecule has 5 heteroatoms. The molecule has 0 radical (unpaired) electrons. The van der Waals surface area contributed by atoms with Gasteiger partial charge in [0, 0.05) is 20.1 Å². The molecule has 0 aromatic rings. The first-order valence-electron chi connectivity index (χ1n) is 9.10. The molecule has 0 bridgehead atoms. The van der Waals surface area contributed by atoms with E-state index in [1.54, 1.807) is 19.2 Å². The van der Waals surface area contributed by atoms with E-state index in [-0.39, 0.29) is 25.3 Å². The molecular formula is C22H34N2O3. The summed E-state index contributed by atoms with van der Waals surface area (Å²) in [5.41, 5.74) is 0.971. The summed E-state index contributed by atoms with van der Waals surface area (Å²) in [4.78, 5) is 15.5. The van der Waals surface area contributed by atoms with Crippen molar-refractivity contribution in [1.29, 1.82) is 0 Å². The van der Waals surface area contributed by atoms with Crippen molar-refractivity contribution in [3.05, 3.63) is 72.9 Å². The van der Waals surface area contributed by atoms with Gasteiger partial charge in [-0.2, -0.15) is 0 Å². The van der Waals surface area contributed by atoms with Crippen LogP contribution in [0.2, 0.25) is 0 Å². The quantitative estimate of drug-likeness (QED) is 0.529. The molecule has 1 amide bonds. The molecule has 150 valence electrons. The van der Waals surface area contributed by atoms with Crippen LogP contribution >= 0.6 is 0 Å². The number of amides is 1. The zero-order valence-corrected chi connectivity index (χ0v) is 17.0. The third kappa shape index (κ3) is 11.1. The minimum absolute atomic E-state index is 0.0137. The van der Waals surface area contributed by atoms with Crippen molar-refractivity contribution in [3.8, 4) is 0 Å². The lowest BCUT2D eigenvalue weighted by atomic mass is 10.1. The summed E-state index contributed by atoms with van der Waals surface area (Å²) >= 11 is 0. The third-order valence-electron chi connectivity index (χ3n) is 3.82. The second kappa shape index (κ2) is 15.9. The smallest absolute Gasteiger partial charge is 0.409 e. The van der Waals surface area contributed by atoms with Crippen molar-refractivity contribution in [2.75, 3.05) is 40.4 Å². The molecule has 0 spiro atoms. The molecular weight excluding hydrogens is 340 g/mol. The molecule has 1 atom stereocenters. The lowest BCUT2D eigenvalue weighted by molar-refractivity contribution is 0.112. The lowest BCUT2D eigenvalue weighted by Gasteiger charge is -2.29. The maximum Gasteiger partial charge on any atom is 0.409 e. The lowest BCUT2D eigenvalue weighted by Crippen LogP contribution is -2.41. The van der Waals surface area contributed by atoms with Crippen LogP contribution in [-0.4, -0.2) is 67.4 Å². The Hall–Kier alpha value is -2.37. The molecule has 1 N–H and O–H groups in total. The first kappa shape index (κ1) is 24.6. The van der Waals surface area contributed by atoms with Gasteiger partial charge >= 0.3 is 6.09 Å². The highest BCUT2D eigenvalue weighted by Crippen LogP contribution is 2.11. The number of aliphatic hydroxyl groups excluding tert-OH is 1. The Morgan fingerprint density at radius 3 is 2.41 bits per heavy atom. The minimum Gasteiger partial charge on any atom is -0.445 e. The molecule has 27 heavy (non-hydrogen) atoms. The van der Waals surface area contributed by atoms with Gasteiger partial charge in [-0.25, -0.2) is 4.79 Å². The van der Waals surface area contributed by atoms with Crippen LogP contribution in [0.5, 0.6) is 0 Å². The summed E-state index contributed by atoms with van der Waals surface area (Å²) in [6.45, 7) is 8.91. The molecule has 0 aliphatic heterocycles. The summed E-state index contributed by atoms with van der Waals surface area (Å²) in [5.74, 6) is 0. The average Bonchev–Trinajstić information content (AvgIpc) is 2.66. The van der Waals surface area contributed by atoms with Gasteiger partial charge in [0.25, 0.3) is 0 Å². The van der Waals surface area contributed by atoms with E-state index in [0.29, 0.717) is 13.1 Å². The monoisotopic (exact) mass is 374 g/mol. The average molecular weight is 375 g/mol. The molecule has 0 aromatic carbocycles. The van der Waals surface area contributed by atoms with Crippen molar-refractivity contribution < 1.29 is 14.6 Å². The van der Waals surface area contributed by atoms with Gasteiger partial charge in [-0.05, 0) is 32.5 Å². The number of carbonyl (C=O) groups excluding carboxylic acids is 1. The number of aliphatic hydroxyl groups is 1. The van der Waals surface area contributed by atoms with E-state index >= 15 is 0 Å². The van der Waals surface area contributed by atoms with Crippen molar-refractivity contribution in [2.45, 2.75) is 19.9 Å². The number of carbonyl (C=O) groups is 1. The molecule has 0 heterocycles. The van der Waals surface area contributed by atoms with Crippen molar-refractivity contribution in [3.63, 3.8) is 0 Å². The van der Waals surface area contributed by atoms with Crippen molar-refractivity contribution in [1.82, 2.24) is 9.80 Å². The zero-order valence-electron chi connectivity index (χ0n) is 17.0. The van der Waals surface area contributed by atoms with E-state index in [0.717, 1.165) is 5.57 Å². The summed E-state index contributed by atoms with van der Waals surface area (Å²) < 4.78 is 5.20. The largest absolute Gasteiger partial charge is 0.445 e. The Morgan fingerprint density at radius 2 is 1.81 bits per heavy atom. The number of ether oxygens (including phenoxy) is 1.